The van der Waals surface area contributed by atoms with E-state index in [2.05, 4.69) is 19.2 Å². The van der Waals surface area contributed by atoms with Gasteiger partial charge in [-0.25, -0.2) is 0 Å². The van der Waals surface area contributed by atoms with Crippen molar-refractivity contribution >= 4 is 0 Å². The zero-order valence-electron chi connectivity index (χ0n) is 7.19. The molecule has 0 saturated carbocycles. The van der Waals surface area contributed by atoms with Crippen molar-refractivity contribution in [2.45, 2.75) is 39.2 Å². The molecule has 1 atom stereocenters. The van der Waals surface area contributed by atoms with E-state index in [1.807, 2.05) is 0 Å². The zero-order valence-corrected chi connectivity index (χ0v) is 7.19. The number of hydrogen-bond donors (Lipinski definition) is 2. The summed E-state index contributed by atoms with van der Waals surface area (Å²) in [6.07, 6.45) is 3.62. The summed E-state index contributed by atoms with van der Waals surface area (Å²) >= 11 is 0. The summed E-state index contributed by atoms with van der Waals surface area (Å²) in [5.74, 6) is 0. The maximum absolute atomic E-state index is 5.54. The molecule has 0 aromatic heterocycles. The molecule has 0 aliphatic rings. The van der Waals surface area contributed by atoms with Crippen molar-refractivity contribution in [3.63, 3.8) is 0 Å². The zero-order chi connectivity index (χ0) is 7.82. The average Bonchev–Trinajstić information content (AvgIpc) is 1.98. The molecule has 0 rings (SSSR count). The minimum atomic E-state index is 0.546. The topological polar surface area (TPSA) is 38.0 Å². The van der Waals surface area contributed by atoms with Crippen LogP contribution in [0.25, 0.3) is 0 Å². The fraction of sp³-hybridized carbons (Fsp3) is 1.00. The summed E-state index contributed by atoms with van der Waals surface area (Å²) in [5, 5.41) is 3.40. The summed E-state index contributed by atoms with van der Waals surface area (Å²) in [6.45, 7) is 6.23. The van der Waals surface area contributed by atoms with Crippen LogP contribution >= 0.6 is 0 Å². The van der Waals surface area contributed by atoms with Gasteiger partial charge in [0.05, 0.1) is 0 Å². The van der Waals surface area contributed by atoms with E-state index in [4.69, 9.17) is 5.73 Å². The molecule has 0 bridgehead atoms. The van der Waals surface area contributed by atoms with Crippen molar-refractivity contribution in [2.24, 2.45) is 5.73 Å². The molecule has 0 aromatic carbocycles. The van der Waals surface area contributed by atoms with Gasteiger partial charge in [-0.1, -0.05) is 20.3 Å². The van der Waals surface area contributed by atoms with E-state index in [1.165, 1.54) is 19.3 Å². The molecule has 0 aliphatic carbocycles. The fourth-order valence-corrected chi connectivity index (χ4v) is 1.00. The number of rotatable bonds is 6. The van der Waals surface area contributed by atoms with E-state index in [0.717, 1.165) is 13.1 Å². The van der Waals surface area contributed by atoms with Crippen LogP contribution in [0.5, 0.6) is 0 Å². The third kappa shape index (κ3) is 4.77. The Hall–Kier alpha value is -0.0800. The summed E-state index contributed by atoms with van der Waals surface area (Å²) < 4.78 is 0. The minimum Gasteiger partial charge on any atom is -0.329 e. The largest absolute Gasteiger partial charge is 0.329 e. The van der Waals surface area contributed by atoms with E-state index in [9.17, 15) is 0 Å². The molecular formula is C8H20N2. The van der Waals surface area contributed by atoms with E-state index >= 15 is 0 Å². The summed E-state index contributed by atoms with van der Waals surface area (Å²) in [6, 6.07) is 0.546. The fourth-order valence-electron chi connectivity index (χ4n) is 1.00. The summed E-state index contributed by atoms with van der Waals surface area (Å²) in [4.78, 5) is 0. The van der Waals surface area contributed by atoms with Gasteiger partial charge in [0.25, 0.3) is 0 Å². The van der Waals surface area contributed by atoms with Crippen LogP contribution in [0.1, 0.15) is 33.1 Å². The second-order valence-electron chi connectivity index (χ2n) is 2.68. The molecule has 0 spiro atoms. The molecule has 0 heterocycles. The van der Waals surface area contributed by atoms with Crippen molar-refractivity contribution in [3.05, 3.63) is 0 Å². The van der Waals surface area contributed by atoms with Crippen molar-refractivity contribution in [1.82, 2.24) is 5.32 Å². The second kappa shape index (κ2) is 7.03. The van der Waals surface area contributed by atoms with Gasteiger partial charge in [-0.05, 0) is 19.4 Å². The lowest BCUT2D eigenvalue weighted by atomic mass is 10.1. The van der Waals surface area contributed by atoms with Crippen molar-refractivity contribution < 1.29 is 0 Å². The Morgan fingerprint density at radius 1 is 1.30 bits per heavy atom. The lowest BCUT2D eigenvalue weighted by Gasteiger charge is -2.14. The number of nitrogens with two attached hydrogens (primary N) is 1. The van der Waals surface area contributed by atoms with Gasteiger partial charge in [-0.15, -0.1) is 0 Å². The lowest BCUT2D eigenvalue weighted by molar-refractivity contribution is 0.483. The Kier molecular flexibility index (Phi) is 6.98. The van der Waals surface area contributed by atoms with E-state index in [1.54, 1.807) is 0 Å². The van der Waals surface area contributed by atoms with Gasteiger partial charge >= 0.3 is 0 Å². The first kappa shape index (κ1) is 9.92. The normalized spacial score (nSPS) is 13.5. The molecule has 10 heavy (non-hydrogen) atoms. The highest BCUT2D eigenvalue weighted by Crippen LogP contribution is 1.93. The third-order valence-electron chi connectivity index (χ3n) is 1.60. The molecule has 2 heteroatoms. The Bertz CT molecular complexity index is 64.3. The highest BCUT2D eigenvalue weighted by molar-refractivity contribution is 4.65. The van der Waals surface area contributed by atoms with E-state index in [0.29, 0.717) is 6.04 Å². The Morgan fingerprint density at radius 2 is 2.00 bits per heavy atom. The highest BCUT2D eigenvalue weighted by Gasteiger charge is 2.01. The van der Waals surface area contributed by atoms with Crippen molar-refractivity contribution in [2.75, 3.05) is 13.1 Å². The predicted octanol–water partition coefficient (Wildman–Crippen LogP) is 1.11. The molecule has 3 N–H and O–H groups in total. The van der Waals surface area contributed by atoms with Crippen LogP contribution in [0.3, 0.4) is 0 Å². The van der Waals surface area contributed by atoms with Gasteiger partial charge in [0, 0.05) is 12.6 Å². The van der Waals surface area contributed by atoms with Gasteiger partial charge in [0.1, 0.15) is 0 Å². The lowest BCUT2D eigenvalue weighted by Crippen LogP contribution is -2.36. The van der Waals surface area contributed by atoms with Gasteiger partial charge in [0.2, 0.25) is 0 Å². The summed E-state index contributed by atoms with van der Waals surface area (Å²) in [5.41, 5.74) is 5.54. The van der Waals surface area contributed by atoms with E-state index in [-0.39, 0.29) is 0 Å². The average molecular weight is 144 g/mol. The molecule has 62 valence electrons. The molecule has 0 amide bonds. The quantitative estimate of drug-likeness (QED) is 0.586. The number of nitrogens with one attached hydrogen (secondary N) is 1. The van der Waals surface area contributed by atoms with Crippen LogP contribution < -0.4 is 11.1 Å². The smallest absolute Gasteiger partial charge is 0.0190 e. The van der Waals surface area contributed by atoms with Gasteiger partial charge in [-0.3, -0.25) is 0 Å². The minimum absolute atomic E-state index is 0.546. The molecule has 0 fully saturated rings. The molecule has 0 aliphatic heterocycles. The second-order valence-corrected chi connectivity index (χ2v) is 2.68. The molecule has 2 nitrogen and oxygen atoms in total. The maximum Gasteiger partial charge on any atom is 0.0190 e. The van der Waals surface area contributed by atoms with E-state index < -0.39 is 0 Å². The SMILES string of the molecule is CCCN[C@H](CN)CCC. The summed E-state index contributed by atoms with van der Waals surface area (Å²) in [7, 11) is 0. The van der Waals surface area contributed by atoms with Crippen LogP contribution in [0, 0.1) is 0 Å². The monoisotopic (exact) mass is 144 g/mol. The first-order valence-corrected chi connectivity index (χ1v) is 4.28. The van der Waals surface area contributed by atoms with Crippen LogP contribution in [-0.4, -0.2) is 19.1 Å². The molecule has 0 radical (unpaired) electrons. The van der Waals surface area contributed by atoms with Crippen LogP contribution in [0.2, 0.25) is 0 Å². The standard InChI is InChI=1S/C8H20N2/c1-3-5-8(7-9)10-6-4-2/h8,10H,3-7,9H2,1-2H3/t8-/m0/s1. The first-order chi connectivity index (χ1) is 4.85. The molecule has 0 aromatic rings. The maximum atomic E-state index is 5.54. The van der Waals surface area contributed by atoms with Crippen LogP contribution in [0.15, 0.2) is 0 Å². The first-order valence-electron chi connectivity index (χ1n) is 4.28. The highest BCUT2D eigenvalue weighted by atomic mass is 14.9. The van der Waals surface area contributed by atoms with Gasteiger partial charge in [-0.2, -0.15) is 0 Å². The number of hydrogen-bond acceptors (Lipinski definition) is 2. The molecule has 0 saturated heterocycles. The third-order valence-corrected chi connectivity index (χ3v) is 1.60. The van der Waals surface area contributed by atoms with Gasteiger partial charge in [0.15, 0.2) is 0 Å². The molecule has 0 unspecified atom stereocenters. The van der Waals surface area contributed by atoms with Crippen molar-refractivity contribution in [1.29, 1.82) is 0 Å². The van der Waals surface area contributed by atoms with Crippen LogP contribution in [-0.2, 0) is 0 Å². The predicted molar refractivity (Wildman–Crippen MR) is 46.0 cm³/mol. The Balaban J connectivity index is 3.21. The van der Waals surface area contributed by atoms with Gasteiger partial charge < -0.3 is 11.1 Å². The Labute approximate surface area is 64.2 Å². The van der Waals surface area contributed by atoms with Crippen LogP contribution in [0.4, 0.5) is 0 Å². The van der Waals surface area contributed by atoms with Crippen molar-refractivity contribution in [3.8, 4) is 0 Å². The Morgan fingerprint density at radius 3 is 2.40 bits per heavy atom. The molecular weight excluding hydrogens is 124 g/mol.